The summed E-state index contributed by atoms with van der Waals surface area (Å²) in [5, 5.41) is 3.09. The zero-order valence-corrected chi connectivity index (χ0v) is 28.7. The third-order valence-corrected chi connectivity index (χ3v) is 6.06. The summed E-state index contributed by atoms with van der Waals surface area (Å²) in [6.45, 7) is 7.66. The summed E-state index contributed by atoms with van der Waals surface area (Å²) >= 11 is -0.931. The second kappa shape index (κ2) is 16.8. The van der Waals surface area contributed by atoms with Crippen LogP contribution in [0.3, 0.4) is 0 Å². The van der Waals surface area contributed by atoms with Gasteiger partial charge in [0.1, 0.15) is 14.1 Å². The molecule has 0 heterocycles. The van der Waals surface area contributed by atoms with E-state index in [0.717, 1.165) is 58.1 Å². The Morgan fingerprint density at radius 2 is 1.45 bits per heavy atom. The Balaban J connectivity index is 0.00000172. The fraction of sp³-hybridized carbons (Fsp3) is 0.310. The molecule has 1 amide bonds. The number of nitrogens with one attached hydrogen (secondary N) is 1. The van der Waals surface area contributed by atoms with Crippen molar-refractivity contribution in [3.63, 3.8) is 0 Å². The first kappa shape index (κ1) is 33.9. The number of carbonyl (C=O) groups excluding carboxylic acids is 1. The van der Waals surface area contributed by atoms with E-state index in [1.165, 1.54) is 0 Å². The summed E-state index contributed by atoms with van der Waals surface area (Å²) in [6, 6.07) is 14.9. The van der Waals surface area contributed by atoms with Crippen LogP contribution < -0.4 is 15.1 Å². The van der Waals surface area contributed by atoms with Crippen molar-refractivity contribution in [2.45, 2.75) is 20.8 Å². The van der Waals surface area contributed by atoms with Crippen LogP contribution in [-0.2, 0) is 19.9 Å². The molecule has 0 aliphatic heterocycles. The van der Waals surface area contributed by atoms with E-state index in [0.29, 0.717) is 0 Å². The molecule has 5 nitrogen and oxygen atoms in total. The molecule has 0 saturated carbocycles. The molecule has 1 aliphatic carbocycles. The number of rotatable bonds is 7. The molecule has 1 aliphatic rings. The zero-order chi connectivity index (χ0) is 27.5. The second-order valence-corrected chi connectivity index (χ2v) is 13.6. The first-order valence-electron chi connectivity index (χ1n) is 12.4. The van der Waals surface area contributed by atoms with Crippen molar-refractivity contribution in [2.24, 2.45) is 0 Å². The number of benzene rings is 2. The number of anilines is 3. The predicted octanol–water partition coefficient (Wildman–Crippen LogP) is 7.00. The summed E-state index contributed by atoms with van der Waals surface area (Å²) < 4.78 is 2.09. The monoisotopic (exact) mass is 627 g/mol. The van der Waals surface area contributed by atoms with Crippen LogP contribution in [-0.4, -0.2) is 57.5 Å². The van der Waals surface area contributed by atoms with Crippen molar-refractivity contribution in [1.29, 1.82) is 0 Å². The van der Waals surface area contributed by atoms with E-state index in [1.54, 1.807) is 6.92 Å². The Kier molecular flexibility index (Phi) is 15.0. The predicted molar refractivity (Wildman–Crippen MR) is 165 cm³/mol. The molecule has 0 fully saturated rings. The van der Waals surface area contributed by atoms with Gasteiger partial charge in [-0.25, -0.2) is 4.58 Å². The minimum atomic E-state index is -0.931. The van der Waals surface area contributed by atoms with Gasteiger partial charge in [-0.05, 0) is 67.0 Å². The molecule has 2 aromatic rings. The number of halogens is 3. The Bertz CT molecular complexity index is 1180. The van der Waals surface area contributed by atoms with Crippen molar-refractivity contribution in [3.05, 3.63) is 83.5 Å². The summed E-state index contributed by atoms with van der Waals surface area (Å²) in [5.41, 5.74) is 8.50. The second-order valence-electron chi connectivity index (χ2n) is 8.94. The van der Waals surface area contributed by atoms with E-state index < -0.39 is 15.1 Å². The van der Waals surface area contributed by atoms with Crippen LogP contribution >= 0.6 is 31.8 Å². The number of hydrogen-bond donors (Lipinski definition) is 1. The van der Waals surface area contributed by atoms with Crippen LogP contribution in [0, 0.1) is 0 Å². The molecule has 0 saturated heterocycles. The van der Waals surface area contributed by atoms with E-state index >= 15 is 0 Å². The Morgan fingerprint density at radius 3 is 1.89 bits per heavy atom. The van der Waals surface area contributed by atoms with E-state index in [4.69, 9.17) is 19.4 Å². The molecular formula is C29H38Cl3N4OZn+. The van der Waals surface area contributed by atoms with Gasteiger partial charge in [0.25, 0.3) is 0 Å². The molecule has 0 spiro atoms. The van der Waals surface area contributed by atoms with Gasteiger partial charge in [-0.2, -0.15) is 0 Å². The van der Waals surface area contributed by atoms with Crippen molar-refractivity contribution in [3.8, 4) is 0 Å². The van der Waals surface area contributed by atoms with Gasteiger partial charge in [0.2, 0.25) is 5.91 Å². The van der Waals surface area contributed by atoms with Gasteiger partial charge in [0, 0.05) is 63.2 Å². The number of hydrogen-bond acceptors (Lipinski definition) is 3. The Morgan fingerprint density at radius 1 is 0.921 bits per heavy atom. The molecule has 0 radical (unpaired) electrons. The van der Waals surface area contributed by atoms with Gasteiger partial charge in [-0.3, -0.25) is 4.79 Å². The van der Waals surface area contributed by atoms with E-state index in [9.17, 15) is 4.79 Å². The topological polar surface area (TPSA) is 38.6 Å². The summed E-state index contributed by atoms with van der Waals surface area (Å²) in [5.74, 6) is -0.0804. The van der Waals surface area contributed by atoms with E-state index in [-0.39, 0.29) is 18.3 Å². The summed E-state index contributed by atoms with van der Waals surface area (Å²) in [7, 11) is 18.1. The molecule has 38 heavy (non-hydrogen) atoms. The molecule has 0 bridgehead atoms. The zero-order valence-electron chi connectivity index (χ0n) is 23.4. The fourth-order valence-corrected chi connectivity index (χ4v) is 4.16. The average molecular weight is 630 g/mol. The molecule has 0 unspecified atom stereocenters. The quantitative estimate of drug-likeness (QED) is 0.265. The molecule has 1 N–H and O–H groups in total. The third kappa shape index (κ3) is 9.27. The maximum absolute atomic E-state index is 12.2. The summed E-state index contributed by atoms with van der Waals surface area (Å²) in [6.07, 6.45) is 8.57. The SMILES string of the molecule is CCN(CC)c1ccc(C(=C2C=CC(=[N+](C)C)C=C2)c2ccc(N(C)C)cc2)c(NC(C)=O)c1.Cl.[Cl][Zn][Cl]. The Labute approximate surface area is 250 Å². The Hall–Kier alpha value is -2.11. The number of amides is 1. The van der Waals surface area contributed by atoms with Crippen LogP contribution in [0.2, 0.25) is 0 Å². The van der Waals surface area contributed by atoms with Crippen LogP contribution in [0.5, 0.6) is 0 Å². The molecule has 0 atom stereocenters. The average Bonchev–Trinajstić information content (AvgIpc) is 2.87. The van der Waals surface area contributed by atoms with E-state index in [2.05, 4.69) is 100 Å². The normalized spacial score (nSPS) is 11.5. The minimum absolute atomic E-state index is 0. The standard InChI is InChI=1S/C29H36N4O.3ClH.Zn/c1-8-33(9-2)26-18-19-27(28(20-26)30-21(3)34)29(22-10-14-24(15-11-22)31(4)5)23-12-16-25(17-13-23)32(6)7;;;;/h10-20H,8-9H2,1-7H3;3*1H;/q;;;;+2/p-1. The number of carbonyl (C=O) groups is 1. The maximum atomic E-state index is 12.2. The molecule has 3 rings (SSSR count). The molecular weight excluding hydrogens is 592 g/mol. The number of allylic oxidation sites excluding steroid dienone is 5. The van der Waals surface area contributed by atoms with Crippen LogP contribution in [0.1, 0.15) is 31.9 Å². The first-order chi connectivity index (χ1) is 17.7. The van der Waals surface area contributed by atoms with Gasteiger partial charge >= 0.3 is 34.5 Å². The van der Waals surface area contributed by atoms with Crippen LogP contribution in [0.4, 0.5) is 17.1 Å². The van der Waals surface area contributed by atoms with Gasteiger partial charge in [-0.15, -0.1) is 12.4 Å². The van der Waals surface area contributed by atoms with Gasteiger partial charge in [0.05, 0.1) is 5.69 Å². The number of nitrogens with zero attached hydrogens (tertiary/aromatic N) is 3. The molecule has 0 aromatic heterocycles. The molecule has 9 heteroatoms. The molecule has 202 valence electrons. The molecule has 2 aromatic carbocycles. The first-order valence-corrected chi connectivity index (χ1v) is 20.2. The van der Waals surface area contributed by atoms with Crippen molar-refractivity contribution < 1.29 is 24.5 Å². The summed E-state index contributed by atoms with van der Waals surface area (Å²) in [4.78, 5) is 16.6. The van der Waals surface area contributed by atoms with E-state index in [1.807, 2.05) is 28.2 Å². The van der Waals surface area contributed by atoms with Crippen molar-refractivity contribution >= 4 is 66.0 Å². The van der Waals surface area contributed by atoms with Crippen molar-refractivity contribution in [1.82, 2.24) is 0 Å². The van der Waals surface area contributed by atoms with Crippen LogP contribution in [0.25, 0.3) is 5.57 Å². The van der Waals surface area contributed by atoms with Crippen molar-refractivity contribution in [2.75, 3.05) is 56.4 Å². The van der Waals surface area contributed by atoms with Crippen LogP contribution in [0.15, 0.2) is 72.3 Å². The third-order valence-electron chi connectivity index (χ3n) is 6.06. The fourth-order valence-electron chi connectivity index (χ4n) is 4.16. The van der Waals surface area contributed by atoms with Gasteiger partial charge < -0.3 is 15.1 Å². The van der Waals surface area contributed by atoms with Gasteiger partial charge in [0.15, 0.2) is 5.71 Å². The van der Waals surface area contributed by atoms with Gasteiger partial charge in [-0.1, -0.05) is 18.2 Å².